The van der Waals surface area contributed by atoms with Crippen molar-refractivity contribution >= 4 is 35.0 Å². The van der Waals surface area contributed by atoms with Gasteiger partial charge in [-0.3, -0.25) is 4.79 Å². The van der Waals surface area contributed by atoms with E-state index < -0.39 is 18.3 Å². The number of benzene rings is 2. The summed E-state index contributed by atoms with van der Waals surface area (Å²) >= 11 is 6.77. The normalized spacial score (nSPS) is 10.9. The lowest BCUT2D eigenvalue weighted by molar-refractivity contribution is -0.113. The van der Waals surface area contributed by atoms with Gasteiger partial charge in [0.25, 0.3) is 0 Å². The Morgan fingerprint density at radius 2 is 1.97 bits per heavy atom. The monoisotopic (exact) mass is 443 g/mol. The number of rotatable bonds is 7. The molecule has 0 saturated carbocycles. The fourth-order valence-corrected chi connectivity index (χ4v) is 3.10. The second-order valence-corrected chi connectivity index (χ2v) is 6.92. The van der Waals surface area contributed by atoms with Crippen LogP contribution in [-0.2, 0) is 4.79 Å². The lowest BCUT2D eigenvalue weighted by Gasteiger charge is -2.07. The first-order chi connectivity index (χ1) is 13.8. The van der Waals surface area contributed by atoms with Crippen LogP contribution in [-0.4, -0.2) is 33.1 Å². The lowest BCUT2D eigenvalue weighted by atomic mass is 10.2. The number of nitrogens with two attached hydrogens (primary N) is 1. The number of carbonyl (C=O) groups is 1. The SMILES string of the molecule is Nn1c(SCC(=O)Nc2cc(Cl)ccc2F)nnc1-c1ccc(OC(F)F)cc1. The maximum absolute atomic E-state index is 13.7. The average Bonchev–Trinajstić information content (AvgIpc) is 3.04. The summed E-state index contributed by atoms with van der Waals surface area (Å²) in [6.07, 6.45) is 0. The van der Waals surface area contributed by atoms with E-state index in [1.54, 1.807) is 0 Å². The summed E-state index contributed by atoms with van der Waals surface area (Å²) in [5.41, 5.74) is 0.475. The number of thioether (sulfide) groups is 1. The molecule has 152 valence electrons. The van der Waals surface area contributed by atoms with Crippen molar-refractivity contribution in [2.45, 2.75) is 11.8 Å². The highest BCUT2D eigenvalue weighted by Gasteiger charge is 2.15. The van der Waals surface area contributed by atoms with Crippen LogP contribution in [0.15, 0.2) is 47.6 Å². The Bertz CT molecular complexity index is 1020. The Labute approximate surface area is 172 Å². The number of hydrogen-bond donors (Lipinski definition) is 2. The highest BCUT2D eigenvalue weighted by molar-refractivity contribution is 7.99. The summed E-state index contributed by atoms with van der Waals surface area (Å²) in [7, 11) is 0. The van der Waals surface area contributed by atoms with Gasteiger partial charge in [0.2, 0.25) is 11.1 Å². The summed E-state index contributed by atoms with van der Waals surface area (Å²) in [5.74, 6) is 4.99. The predicted molar refractivity (Wildman–Crippen MR) is 103 cm³/mol. The van der Waals surface area contributed by atoms with Crippen LogP contribution >= 0.6 is 23.4 Å². The fraction of sp³-hybridized carbons (Fsp3) is 0.118. The molecule has 3 N–H and O–H groups in total. The summed E-state index contributed by atoms with van der Waals surface area (Å²) in [4.78, 5) is 12.0. The van der Waals surface area contributed by atoms with Gasteiger partial charge in [-0.25, -0.2) is 9.07 Å². The van der Waals surface area contributed by atoms with Crippen LogP contribution < -0.4 is 15.9 Å². The average molecular weight is 444 g/mol. The Balaban J connectivity index is 1.63. The molecule has 0 atom stereocenters. The van der Waals surface area contributed by atoms with Crippen LogP contribution in [0.4, 0.5) is 18.9 Å². The molecule has 3 rings (SSSR count). The van der Waals surface area contributed by atoms with Crippen LogP contribution in [0.5, 0.6) is 5.75 Å². The third-order valence-electron chi connectivity index (χ3n) is 3.54. The number of carbonyl (C=O) groups excluding carboxylic acids is 1. The Kier molecular flexibility index (Phi) is 6.49. The van der Waals surface area contributed by atoms with E-state index >= 15 is 0 Å². The van der Waals surface area contributed by atoms with Crippen molar-refractivity contribution in [3.8, 4) is 17.1 Å². The summed E-state index contributed by atoms with van der Waals surface area (Å²) in [6.45, 7) is -2.92. The molecular formula is C17H13ClF3N5O2S. The van der Waals surface area contributed by atoms with Gasteiger partial charge in [0.1, 0.15) is 11.6 Å². The van der Waals surface area contributed by atoms with Gasteiger partial charge >= 0.3 is 6.61 Å². The van der Waals surface area contributed by atoms with E-state index in [0.717, 1.165) is 22.5 Å². The summed E-state index contributed by atoms with van der Waals surface area (Å²) < 4.78 is 43.5. The van der Waals surface area contributed by atoms with E-state index in [4.69, 9.17) is 17.4 Å². The molecule has 0 radical (unpaired) electrons. The number of aromatic nitrogens is 3. The van der Waals surface area contributed by atoms with Crippen molar-refractivity contribution in [2.75, 3.05) is 16.9 Å². The van der Waals surface area contributed by atoms with Crippen LogP contribution in [0.1, 0.15) is 0 Å². The minimum absolute atomic E-state index is 0.00801. The van der Waals surface area contributed by atoms with Crippen LogP contribution in [0.2, 0.25) is 5.02 Å². The van der Waals surface area contributed by atoms with E-state index in [0.29, 0.717) is 5.56 Å². The topological polar surface area (TPSA) is 95.1 Å². The van der Waals surface area contributed by atoms with Gasteiger partial charge in [0.15, 0.2) is 5.82 Å². The largest absolute Gasteiger partial charge is 0.435 e. The number of hydrogen-bond acceptors (Lipinski definition) is 6. The minimum atomic E-state index is -2.92. The standard InChI is InChI=1S/C17H13ClF3N5O2S/c18-10-3-6-12(19)13(7-10)23-14(27)8-29-17-25-24-15(26(17)22)9-1-4-11(5-2-9)28-16(20)21/h1-7,16H,8,22H2,(H,23,27). The molecule has 1 amide bonds. The molecule has 1 heterocycles. The molecule has 0 saturated heterocycles. The van der Waals surface area contributed by atoms with Crippen molar-refractivity contribution in [3.05, 3.63) is 53.3 Å². The van der Waals surface area contributed by atoms with E-state index in [1.807, 2.05) is 0 Å². The van der Waals surface area contributed by atoms with Crippen LogP contribution in [0.3, 0.4) is 0 Å². The Morgan fingerprint density at radius 1 is 1.24 bits per heavy atom. The maximum atomic E-state index is 13.7. The number of nitrogens with one attached hydrogen (secondary N) is 1. The molecule has 0 spiro atoms. The first-order valence-electron chi connectivity index (χ1n) is 7.97. The molecule has 7 nitrogen and oxygen atoms in total. The highest BCUT2D eigenvalue weighted by atomic mass is 35.5. The van der Waals surface area contributed by atoms with Crippen molar-refractivity contribution in [1.82, 2.24) is 14.9 Å². The molecular weight excluding hydrogens is 431 g/mol. The fourth-order valence-electron chi connectivity index (χ4n) is 2.27. The highest BCUT2D eigenvalue weighted by Crippen LogP contribution is 2.25. The first-order valence-corrected chi connectivity index (χ1v) is 9.33. The van der Waals surface area contributed by atoms with Crippen molar-refractivity contribution in [1.29, 1.82) is 0 Å². The molecule has 12 heteroatoms. The number of alkyl halides is 2. The molecule has 0 unspecified atom stereocenters. The number of nitrogens with zero attached hydrogens (tertiary/aromatic N) is 3. The second kappa shape index (κ2) is 9.05. The third-order valence-corrected chi connectivity index (χ3v) is 4.72. The molecule has 2 aromatic carbocycles. The zero-order valence-corrected chi connectivity index (χ0v) is 16.1. The van der Waals surface area contributed by atoms with Crippen molar-refractivity contribution in [3.63, 3.8) is 0 Å². The minimum Gasteiger partial charge on any atom is -0.435 e. The molecule has 1 aromatic heterocycles. The van der Waals surface area contributed by atoms with Gasteiger partial charge in [-0.2, -0.15) is 8.78 Å². The van der Waals surface area contributed by atoms with Gasteiger partial charge < -0.3 is 15.9 Å². The van der Waals surface area contributed by atoms with E-state index in [9.17, 15) is 18.0 Å². The lowest BCUT2D eigenvalue weighted by Crippen LogP contribution is -2.17. The van der Waals surface area contributed by atoms with Crippen molar-refractivity contribution < 1.29 is 22.7 Å². The predicted octanol–water partition coefficient (Wildman–Crippen LogP) is 3.78. The van der Waals surface area contributed by atoms with Gasteiger partial charge in [0.05, 0.1) is 11.4 Å². The molecule has 0 aliphatic carbocycles. The number of amides is 1. The Morgan fingerprint density at radius 3 is 2.66 bits per heavy atom. The van der Waals surface area contributed by atoms with E-state index in [2.05, 4.69) is 20.3 Å². The second-order valence-electron chi connectivity index (χ2n) is 5.54. The molecule has 0 aliphatic rings. The van der Waals surface area contributed by atoms with E-state index in [-0.39, 0.29) is 33.2 Å². The zero-order valence-electron chi connectivity index (χ0n) is 14.5. The van der Waals surface area contributed by atoms with Crippen molar-refractivity contribution in [2.24, 2.45) is 0 Å². The number of nitrogen functional groups attached to an aromatic ring is 1. The van der Waals surface area contributed by atoms with Crippen LogP contribution in [0, 0.1) is 5.82 Å². The molecule has 0 fully saturated rings. The van der Waals surface area contributed by atoms with Gasteiger partial charge in [-0.15, -0.1) is 10.2 Å². The van der Waals surface area contributed by atoms with Gasteiger partial charge in [-0.05, 0) is 42.5 Å². The van der Waals surface area contributed by atoms with Gasteiger partial charge in [0, 0.05) is 10.6 Å². The number of anilines is 1. The quantitative estimate of drug-likeness (QED) is 0.426. The molecule has 3 aromatic rings. The summed E-state index contributed by atoms with van der Waals surface area (Å²) in [6, 6.07) is 9.48. The Hall–Kier alpha value is -2.92. The smallest absolute Gasteiger partial charge is 0.387 e. The molecule has 0 bridgehead atoms. The number of halogens is 4. The number of ether oxygens (including phenoxy) is 1. The summed E-state index contributed by atoms with van der Waals surface area (Å²) in [5, 5.41) is 10.8. The maximum Gasteiger partial charge on any atom is 0.387 e. The van der Waals surface area contributed by atoms with E-state index in [1.165, 1.54) is 36.4 Å². The molecule has 0 aliphatic heterocycles. The molecule has 29 heavy (non-hydrogen) atoms. The first kappa shape index (κ1) is 20.8. The third kappa shape index (κ3) is 5.33. The zero-order chi connectivity index (χ0) is 21.0. The van der Waals surface area contributed by atoms with Gasteiger partial charge in [-0.1, -0.05) is 23.4 Å². The van der Waals surface area contributed by atoms with Crippen LogP contribution in [0.25, 0.3) is 11.4 Å².